The summed E-state index contributed by atoms with van der Waals surface area (Å²) in [5.74, 6) is 0.249. The van der Waals surface area contributed by atoms with E-state index < -0.39 is 5.97 Å². The van der Waals surface area contributed by atoms with E-state index in [-0.39, 0.29) is 24.3 Å². The normalized spacial score (nSPS) is 18.9. The topological polar surface area (TPSA) is 103 Å². The number of phenols is 1. The van der Waals surface area contributed by atoms with Gasteiger partial charge in [0.25, 0.3) is 0 Å². The summed E-state index contributed by atoms with van der Waals surface area (Å²) in [6.45, 7) is 7.26. The average Bonchev–Trinajstić information content (AvgIpc) is 3.41. The lowest BCUT2D eigenvalue weighted by atomic mass is 9.92. The number of nitrogens with zero attached hydrogens (tertiary/aromatic N) is 4. The van der Waals surface area contributed by atoms with Crippen LogP contribution in [0, 0.1) is 0 Å². The van der Waals surface area contributed by atoms with E-state index in [1.54, 1.807) is 6.07 Å². The Bertz CT molecular complexity index is 1420. The monoisotopic (exact) mass is 540 g/mol. The predicted octanol–water partition coefficient (Wildman–Crippen LogP) is 5.53. The highest BCUT2D eigenvalue weighted by Crippen LogP contribution is 2.36. The third-order valence-corrected chi connectivity index (χ3v) is 7.61. The third-order valence-electron chi connectivity index (χ3n) is 7.61. The Morgan fingerprint density at radius 1 is 0.950 bits per heavy atom. The van der Waals surface area contributed by atoms with Gasteiger partial charge in [-0.25, -0.2) is 0 Å². The molecule has 0 saturated carbocycles. The standard InChI is InChI=1S/C32H36N4O4/c1-22-20-36(23(2)19-35(22)21-24-9-4-3-5-10-24)31(26-12-7-14-28(37)18-26)25-11-6-13-27(17-25)32-34-33-29(40-32)15-8-16-30(38)39/h3-7,9-14,17-18,22-23,31,37H,8,15-16,19-21H2,1-2H3,(H,38,39)/t22-,23+,31-/m1/s1. The first-order valence-corrected chi connectivity index (χ1v) is 13.8. The number of carbonyl (C=O) groups is 1. The minimum atomic E-state index is -0.838. The minimum Gasteiger partial charge on any atom is -0.508 e. The van der Waals surface area contributed by atoms with Crippen molar-refractivity contribution in [1.29, 1.82) is 0 Å². The molecule has 2 N–H and O–H groups in total. The van der Waals surface area contributed by atoms with Gasteiger partial charge in [-0.1, -0.05) is 54.6 Å². The van der Waals surface area contributed by atoms with Gasteiger partial charge in [0.05, 0.1) is 6.04 Å². The largest absolute Gasteiger partial charge is 0.508 e. The van der Waals surface area contributed by atoms with Gasteiger partial charge >= 0.3 is 5.97 Å². The summed E-state index contributed by atoms with van der Waals surface area (Å²) in [7, 11) is 0. The summed E-state index contributed by atoms with van der Waals surface area (Å²) in [5.41, 5.74) is 4.22. The molecule has 3 aromatic carbocycles. The Morgan fingerprint density at radius 2 is 1.70 bits per heavy atom. The van der Waals surface area contributed by atoms with Gasteiger partial charge in [0.2, 0.25) is 11.8 Å². The van der Waals surface area contributed by atoms with Crippen LogP contribution >= 0.6 is 0 Å². The van der Waals surface area contributed by atoms with E-state index in [2.05, 4.69) is 82.4 Å². The van der Waals surface area contributed by atoms with Crippen LogP contribution in [-0.2, 0) is 17.8 Å². The number of piperazine rings is 1. The van der Waals surface area contributed by atoms with Gasteiger partial charge in [0, 0.05) is 50.1 Å². The number of hydrogen-bond donors (Lipinski definition) is 2. The summed E-state index contributed by atoms with van der Waals surface area (Å²) in [4.78, 5) is 15.9. The molecule has 208 valence electrons. The second kappa shape index (κ2) is 12.4. The lowest BCUT2D eigenvalue weighted by Gasteiger charge is -2.47. The molecule has 2 heterocycles. The fourth-order valence-corrected chi connectivity index (χ4v) is 5.60. The second-order valence-corrected chi connectivity index (χ2v) is 10.7. The van der Waals surface area contributed by atoms with Crippen LogP contribution in [0.3, 0.4) is 0 Å². The Kier molecular flexibility index (Phi) is 8.57. The van der Waals surface area contributed by atoms with Gasteiger partial charge in [0.15, 0.2) is 0 Å². The first-order chi connectivity index (χ1) is 19.4. The van der Waals surface area contributed by atoms with E-state index in [0.717, 1.165) is 36.3 Å². The summed E-state index contributed by atoms with van der Waals surface area (Å²) >= 11 is 0. The molecule has 5 rings (SSSR count). The molecule has 0 aliphatic carbocycles. The molecule has 4 aromatic rings. The molecule has 3 atom stereocenters. The van der Waals surface area contributed by atoms with Crippen molar-refractivity contribution < 1.29 is 19.4 Å². The third kappa shape index (κ3) is 6.58. The average molecular weight is 541 g/mol. The van der Waals surface area contributed by atoms with E-state index in [0.29, 0.717) is 30.7 Å². The quantitative estimate of drug-likeness (QED) is 0.271. The lowest BCUT2D eigenvalue weighted by molar-refractivity contribution is -0.137. The van der Waals surface area contributed by atoms with E-state index in [4.69, 9.17) is 9.52 Å². The highest BCUT2D eigenvalue weighted by Gasteiger charge is 2.35. The molecule has 1 aliphatic heterocycles. The van der Waals surface area contributed by atoms with Gasteiger partial charge in [0.1, 0.15) is 5.75 Å². The van der Waals surface area contributed by atoms with Crippen molar-refractivity contribution in [3.8, 4) is 17.2 Å². The molecule has 0 amide bonds. The van der Waals surface area contributed by atoms with Crippen molar-refractivity contribution in [2.24, 2.45) is 0 Å². The fraction of sp³-hybridized carbons (Fsp3) is 0.344. The number of aryl methyl sites for hydroxylation is 1. The molecular formula is C32H36N4O4. The van der Waals surface area contributed by atoms with Crippen LogP contribution in [0.4, 0.5) is 0 Å². The smallest absolute Gasteiger partial charge is 0.303 e. The lowest BCUT2D eigenvalue weighted by Crippen LogP contribution is -2.56. The zero-order chi connectivity index (χ0) is 28.1. The van der Waals surface area contributed by atoms with Crippen molar-refractivity contribution >= 4 is 5.97 Å². The Balaban J connectivity index is 1.41. The van der Waals surface area contributed by atoms with Crippen LogP contribution in [0.2, 0.25) is 0 Å². The van der Waals surface area contributed by atoms with Crippen LogP contribution in [0.25, 0.3) is 11.5 Å². The predicted molar refractivity (Wildman–Crippen MR) is 153 cm³/mol. The number of rotatable bonds is 10. The van der Waals surface area contributed by atoms with Crippen LogP contribution in [-0.4, -0.2) is 61.4 Å². The number of aromatic nitrogens is 2. The maximum absolute atomic E-state index is 10.8. The zero-order valence-electron chi connectivity index (χ0n) is 23.0. The van der Waals surface area contributed by atoms with E-state index >= 15 is 0 Å². The molecule has 1 aromatic heterocycles. The maximum atomic E-state index is 10.8. The van der Waals surface area contributed by atoms with Crippen molar-refractivity contribution in [2.75, 3.05) is 13.1 Å². The maximum Gasteiger partial charge on any atom is 0.303 e. The zero-order valence-corrected chi connectivity index (χ0v) is 23.0. The number of aliphatic carboxylic acids is 1. The molecular weight excluding hydrogens is 504 g/mol. The van der Waals surface area contributed by atoms with Crippen LogP contribution in [0.1, 0.15) is 55.3 Å². The number of benzene rings is 3. The molecule has 1 fully saturated rings. The van der Waals surface area contributed by atoms with Crippen LogP contribution in [0.15, 0.2) is 83.3 Å². The summed E-state index contributed by atoms with van der Waals surface area (Å²) in [5, 5.41) is 27.6. The van der Waals surface area contributed by atoms with Gasteiger partial charge in [-0.2, -0.15) is 0 Å². The van der Waals surface area contributed by atoms with Gasteiger partial charge in [-0.05, 0) is 61.2 Å². The highest BCUT2D eigenvalue weighted by atomic mass is 16.4. The Labute approximate surface area is 234 Å². The molecule has 8 heteroatoms. The minimum absolute atomic E-state index is 0.0635. The molecule has 40 heavy (non-hydrogen) atoms. The first-order valence-electron chi connectivity index (χ1n) is 13.8. The summed E-state index contributed by atoms with van der Waals surface area (Å²) in [6.07, 6.45) is 0.935. The molecule has 0 spiro atoms. The Hall–Kier alpha value is -4.01. The van der Waals surface area contributed by atoms with E-state index in [9.17, 15) is 9.90 Å². The van der Waals surface area contributed by atoms with Crippen molar-refractivity contribution in [3.05, 3.63) is 101 Å². The van der Waals surface area contributed by atoms with E-state index in [1.807, 2.05) is 24.3 Å². The second-order valence-electron chi connectivity index (χ2n) is 10.7. The van der Waals surface area contributed by atoms with Crippen LogP contribution in [0.5, 0.6) is 5.75 Å². The number of aromatic hydroxyl groups is 1. The number of phenolic OH excluding ortho intramolecular Hbond substituents is 1. The number of carboxylic acids is 1. The van der Waals surface area contributed by atoms with Gasteiger partial charge < -0.3 is 14.6 Å². The van der Waals surface area contributed by atoms with Gasteiger partial charge in [-0.3, -0.25) is 14.6 Å². The van der Waals surface area contributed by atoms with Gasteiger partial charge in [-0.15, -0.1) is 10.2 Å². The van der Waals surface area contributed by atoms with Crippen LogP contribution < -0.4 is 0 Å². The van der Waals surface area contributed by atoms with Crippen molar-refractivity contribution in [3.63, 3.8) is 0 Å². The number of carboxylic acid groups (broad SMARTS) is 1. The molecule has 0 radical (unpaired) electrons. The highest BCUT2D eigenvalue weighted by molar-refractivity contribution is 5.66. The molecule has 8 nitrogen and oxygen atoms in total. The summed E-state index contributed by atoms with van der Waals surface area (Å²) < 4.78 is 5.89. The number of hydrogen-bond acceptors (Lipinski definition) is 7. The fourth-order valence-electron chi connectivity index (χ4n) is 5.60. The molecule has 0 bridgehead atoms. The molecule has 0 unspecified atom stereocenters. The van der Waals surface area contributed by atoms with E-state index in [1.165, 1.54) is 5.56 Å². The first kappa shape index (κ1) is 27.6. The molecule has 1 saturated heterocycles. The van der Waals surface area contributed by atoms with Crippen molar-refractivity contribution in [2.45, 2.75) is 57.8 Å². The molecule has 1 aliphatic rings. The SMILES string of the molecule is C[C@@H]1CN([C@@H](c2cccc(O)c2)c2cccc(-c3nnc(CCCC(=O)O)o3)c2)[C@@H](C)CN1Cc1ccccc1. The van der Waals surface area contributed by atoms with Crippen molar-refractivity contribution in [1.82, 2.24) is 20.0 Å². The summed E-state index contributed by atoms with van der Waals surface area (Å²) in [6, 6.07) is 26.7. The Morgan fingerprint density at radius 3 is 2.45 bits per heavy atom.